The van der Waals surface area contributed by atoms with Crippen molar-refractivity contribution >= 4 is 11.9 Å². The smallest absolute Gasteiger partial charge is 0.241 e. The maximum absolute atomic E-state index is 5.01. The summed E-state index contributed by atoms with van der Waals surface area (Å²) in [6.45, 7) is 1.56. The summed E-state index contributed by atoms with van der Waals surface area (Å²) in [6.07, 6.45) is 7.12. The van der Waals surface area contributed by atoms with Gasteiger partial charge in [-0.1, -0.05) is 0 Å². The summed E-state index contributed by atoms with van der Waals surface area (Å²) >= 11 is 0. The van der Waals surface area contributed by atoms with E-state index in [0.717, 1.165) is 26.0 Å². The third-order valence-electron chi connectivity index (χ3n) is 2.64. The predicted molar refractivity (Wildman–Crippen MR) is 76.1 cm³/mol. The number of aromatic nitrogens is 5. The molecule has 0 saturated heterocycles. The van der Waals surface area contributed by atoms with Crippen molar-refractivity contribution in [3.8, 4) is 5.95 Å². The number of hydrogen-bond acceptors (Lipinski definition) is 7. The van der Waals surface area contributed by atoms with Gasteiger partial charge in [0.2, 0.25) is 17.8 Å². The molecule has 0 aliphatic heterocycles. The van der Waals surface area contributed by atoms with Gasteiger partial charge in [0.05, 0.1) is 0 Å². The van der Waals surface area contributed by atoms with Gasteiger partial charge in [-0.3, -0.25) is 4.57 Å². The summed E-state index contributed by atoms with van der Waals surface area (Å²) in [6, 6.07) is 0. The number of unbranched alkanes of at least 4 members (excludes halogenated alkanes) is 1. The average Bonchev–Trinajstić information content (AvgIpc) is 3.01. The van der Waals surface area contributed by atoms with Gasteiger partial charge in [-0.2, -0.15) is 15.0 Å². The molecule has 2 heterocycles. The average molecular weight is 277 g/mol. The van der Waals surface area contributed by atoms with Crippen LogP contribution in [-0.2, 0) is 4.74 Å². The molecule has 108 valence electrons. The zero-order chi connectivity index (χ0) is 14.2. The maximum Gasteiger partial charge on any atom is 0.241 e. The van der Waals surface area contributed by atoms with Gasteiger partial charge in [0.25, 0.3) is 0 Å². The summed E-state index contributed by atoms with van der Waals surface area (Å²) < 4.78 is 6.74. The fourth-order valence-corrected chi connectivity index (χ4v) is 1.62. The van der Waals surface area contributed by atoms with E-state index >= 15 is 0 Å². The largest absolute Gasteiger partial charge is 0.385 e. The Kier molecular flexibility index (Phi) is 5.24. The molecule has 2 N–H and O–H groups in total. The molecule has 2 aromatic heterocycles. The molecule has 0 aliphatic carbocycles. The quantitative estimate of drug-likeness (QED) is 0.694. The molecule has 0 amide bonds. The van der Waals surface area contributed by atoms with Crippen molar-refractivity contribution in [2.24, 2.45) is 0 Å². The van der Waals surface area contributed by atoms with Crippen molar-refractivity contribution < 1.29 is 4.74 Å². The highest BCUT2D eigenvalue weighted by molar-refractivity contribution is 5.37. The van der Waals surface area contributed by atoms with Crippen molar-refractivity contribution in [3.63, 3.8) is 0 Å². The normalized spacial score (nSPS) is 10.5. The van der Waals surface area contributed by atoms with Crippen molar-refractivity contribution in [1.82, 2.24) is 24.5 Å². The first-order valence-corrected chi connectivity index (χ1v) is 6.48. The molecule has 2 rings (SSSR count). The molecule has 0 aromatic carbocycles. The van der Waals surface area contributed by atoms with Gasteiger partial charge in [-0.05, 0) is 12.8 Å². The Bertz CT molecular complexity index is 515. The van der Waals surface area contributed by atoms with Crippen molar-refractivity contribution in [2.75, 3.05) is 37.9 Å². The molecule has 0 aliphatic rings. The molecule has 0 atom stereocenters. The fraction of sp³-hybridized carbons (Fsp3) is 0.500. The van der Waals surface area contributed by atoms with Gasteiger partial charge in [0, 0.05) is 39.7 Å². The zero-order valence-corrected chi connectivity index (χ0v) is 11.7. The van der Waals surface area contributed by atoms with E-state index in [1.165, 1.54) is 0 Å². The van der Waals surface area contributed by atoms with Crippen LogP contribution in [0.4, 0.5) is 11.9 Å². The Morgan fingerprint density at radius 1 is 1.20 bits per heavy atom. The number of methoxy groups -OCH3 is 1. The minimum Gasteiger partial charge on any atom is -0.385 e. The summed E-state index contributed by atoms with van der Waals surface area (Å²) in [5.74, 6) is 1.59. The van der Waals surface area contributed by atoms with Crippen LogP contribution >= 0.6 is 0 Å². The maximum atomic E-state index is 5.01. The second-order valence-electron chi connectivity index (χ2n) is 4.13. The number of imidazole rings is 1. The molecular weight excluding hydrogens is 258 g/mol. The predicted octanol–water partition coefficient (Wildman–Crippen LogP) is 0.937. The van der Waals surface area contributed by atoms with E-state index in [9.17, 15) is 0 Å². The molecule has 0 bridgehead atoms. The van der Waals surface area contributed by atoms with Gasteiger partial charge in [-0.25, -0.2) is 4.98 Å². The highest BCUT2D eigenvalue weighted by Crippen LogP contribution is 2.08. The second-order valence-corrected chi connectivity index (χ2v) is 4.13. The first kappa shape index (κ1) is 14.2. The summed E-state index contributed by atoms with van der Waals surface area (Å²) in [5, 5.41) is 6.11. The number of hydrogen-bond donors (Lipinski definition) is 2. The third-order valence-corrected chi connectivity index (χ3v) is 2.64. The van der Waals surface area contributed by atoms with Crippen LogP contribution in [0.1, 0.15) is 12.8 Å². The lowest BCUT2D eigenvalue weighted by Gasteiger charge is -2.08. The van der Waals surface area contributed by atoms with Crippen LogP contribution in [0, 0.1) is 0 Å². The lowest BCUT2D eigenvalue weighted by molar-refractivity contribution is 0.193. The topological polar surface area (TPSA) is 89.8 Å². The molecule has 2 aromatic rings. The Morgan fingerprint density at radius 2 is 2.05 bits per heavy atom. The van der Waals surface area contributed by atoms with Crippen molar-refractivity contribution in [2.45, 2.75) is 12.8 Å². The monoisotopic (exact) mass is 277 g/mol. The summed E-state index contributed by atoms with van der Waals surface area (Å²) in [5.41, 5.74) is 0. The van der Waals surface area contributed by atoms with Gasteiger partial charge < -0.3 is 15.4 Å². The van der Waals surface area contributed by atoms with E-state index in [1.54, 1.807) is 37.4 Å². The molecule has 0 fully saturated rings. The summed E-state index contributed by atoms with van der Waals surface area (Å²) in [4.78, 5) is 16.9. The van der Waals surface area contributed by atoms with Crippen LogP contribution in [0.15, 0.2) is 18.7 Å². The molecule has 0 saturated carbocycles. The van der Waals surface area contributed by atoms with E-state index in [4.69, 9.17) is 4.74 Å². The zero-order valence-electron chi connectivity index (χ0n) is 11.7. The Balaban J connectivity index is 2.03. The van der Waals surface area contributed by atoms with Gasteiger partial charge >= 0.3 is 0 Å². The number of nitrogens with one attached hydrogen (secondary N) is 2. The first-order valence-electron chi connectivity index (χ1n) is 6.48. The number of nitrogens with zero attached hydrogens (tertiary/aromatic N) is 5. The Hall–Kier alpha value is -2.22. The fourth-order valence-electron chi connectivity index (χ4n) is 1.62. The van der Waals surface area contributed by atoms with Gasteiger partial charge in [0.15, 0.2) is 0 Å². The number of rotatable bonds is 8. The standard InChI is InChI=1S/C12H19N7O/c1-13-10-16-11(15-5-3-4-8-20-2)18-12(17-10)19-7-6-14-9-19/h6-7,9H,3-5,8H2,1-2H3,(H2,13,15,16,17,18). The van der Waals surface area contributed by atoms with Crippen LogP contribution in [0.3, 0.4) is 0 Å². The lowest BCUT2D eigenvalue weighted by atomic mass is 10.3. The minimum absolute atomic E-state index is 0.517. The Labute approximate surface area is 117 Å². The van der Waals surface area contributed by atoms with Crippen molar-refractivity contribution in [1.29, 1.82) is 0 Å². The highest BCUT2D eigenvalue weighted by Gasteiger charge is 2.06. The molecular formula is C12H19N7O. The second kappa shape index (κ2) is 7.39. The van der Waals surface area contributed by atoms with Crippen LogP contribution in [-0.4, -0.2) is 51.8 Å². The summed E-state index contributed by atoms with van der Waals surface area (Å²) in [7, 11) is 3.48. The molecule has 20 heavy (non-hydrogen) atoms. The molecule has 0 spiro atoms. The van der Waals surface area contributed by atoms with E-state index < -0.39 is 0 Å². The van der Waals surface area contributed by atoms with Crippen LogP contribution in [0.25, 0.3) is 5.95 Å². The number of anilines is 2. The van der Waals surface area contributed by atoms with E-state index in [0.29, 0.717) is 17.8 Å². The highest BCUT2D eigenvalue weighted by atomic mass is 16.5. The minimum atomic E-state index is 0.517. The SMILES string of the molecule is CNc1nc(NCCCCOC)nc(-n2ccnc2)n1. The number of ether oxygens (including phenoxy) is 1. The van der Waals surface area contributed by atoms with Crippen LogP contribution in [0.5, 0.6) is 0 Å². The Morgan fingerprint density at radius 3 is 2.75 bits per heavy atom. The van der Waals surface area contributed by atoms with Gasteiger partial charge in [-0.15, -0.1) is 0 Å². The van der Waals surface area contributed by atoms with Gasteiger partial charge in [0.1, 0.15) is 6.33 Å². The molecule has 0 radical (unpaired) electrons. The van der Waals surface area contributed by atoms with E-state index in [2.05, 4.69) is 30.6 Å². The van der Waals surface area contributed by atoms with Crippen LogP contribution in [0.2, 0.25) is 0 Å². The molecule has 0 unspecified atom stereocenters. The third kappa shape index (κ3) is 3.89. The first-order chi connectivity index (χ1) is 9.83. The van der Waals surface area contributed by atoms with E-state index in [-0.39, 0.29) is 0 Å². The lowest BCUT2D eigenvalue weighted by Crippen LogP contribution is -2.11. The van der Waals surface area contributed by atoms with Crippen LogP contribution < -0.4 is 10.6 Å². The molecule has 8 nitrogen and oxygen atoms in total. The molecule has 8 heteroatoms. The van der Waals surface area contributed by atoms with E-state index in [1.807, 2.05) is 0 Å². The van der Waals surface area contributed by atoms with Crippen molar-refractivity contribution in [3.05, 3.63) is 18.7 Å².